The Kier molecular flexibility index (Phi) is 5.26. The summed E-state index contributed by atoms with van der Waals surface area (Å²) in [6.45, 7) is 6.02. The minimum atomic E-state index is -0.815. The van der Waals surface area contributed by atoms with Gasteiger partial charge >= 0.3 is 6.09 Å². The zero-order chi connectivity index (χ0) is 17.2. The molecule has 0 aliphatic carbocycles. The number of amides is 1. The Bertz CT molecular complexity index is 574. The Morgan fingerprint density at radius 2 is 2.13 bits per heavy atom. The summed E-state index contributed by atoms with van der Waals surface area (Å²) >= 11 is 6.08. The predicted molar refractivity (Wildman–Crippen MR) is 88.7 cm³/mol. The molecular formula is C16H23ClN2O4. The molecule has 2 rings (SSSR count). The first-order valence-corrected chi connectivity index (χ1v) is 7.91. The van der Waals surface area contributed by atoms with Crippen molar-refractivity contribution in [1.82, 2.24) is 4.90 Å². The molecule has 0 aromatic heterocycles. The van der Waals surface area contributed by atoms with Crippen LogP contribution in [0, 0.1) is 0 Å². The lowest BCUT2D eigenvalue weighted by atomic mass is 10.1. The molecule has 128 valence electrons. The number of nitrogen functional groups attached to an aromatic ring is 1. The molecule has 3 N–H and O–H groups in total. The van der Waals surface area contributed by atoms with Crippen LogP contribution in [-0.2, 0) is 4.74 Å². The second-order valence-corrected chi connectivity index (χ2v) is 7.04. The number of carbonyl (C=O) groups excluding carboxylic acids is 1. The van der Waals surface area contributed by atoms with Gasteiger partial charge in [-0.25, -0.2) is 4.79 Å². The highest BCUT2D eigenvalue weighted by Gasteiger charge is 2.33. The van der Waals surface area contributed by atoms with E-state index in [1.165, 1.54) is 4.90 Å². The van der Waals surface area contributed by atoms with Crippen LogP contribution in [0.5, 0.6) is 5.75 Å². The van der Waals surface area contributed by atoms with Crippen molar-refractivity contribution in [3.63, 3.8) is 0 Å². The average Bonchev–Trinajstić information content (AvgIpc) is 2.41. The summed E-state index contributed by atoms with van der Waals surface area (Å²) in [7, 11) is 0. The van der Waals surface area contributed by atoms with Gasteiger partial charge < -0.3 is 25.2 Å². The van der Waals surface area contributed by atoms with Crippen LogP contribution in [0.2, 0.25) is 5.02 Å². The van der Waals surface area contributed by atoms with Crippen LogP contribution in [-0.4, -0.2) is 47.0 Å². The van der Waals surface area contributed by atoms with E-state index in [-0.39, 0.29) is 6.54 Å². The van der Waals surface area contributed by atoms with Gasteiger partial charge in [-0.1, -0.05) is 11.6 Å². The van der Waals surface area contributed by atoms with E-state index in [0.29, 0.717) is 29.4 Å². The van der Waals surface area contributed by atoms with Gasteiger partial charge in [-0.05, 0) is 39.0 Å². The number of carbonyl (C=O) groups is 1. The fourth-order valence-electron chi connectivity index (χ4n) is 2.32. The number of aliphatic hydroxyl groups excluding tert-OH is 1. The van der Waals surface area contributed by atoms with Crippen molar-refractivity contribution in [2.24, 2.45) is 0 Å². The molecule has 1 aromatic rings. The Hall–Kier alpha value is -1.66. The number of piperidine rings is 1. The van der Waals surface area contributed by atoms with Crippen LogP contribution >= 0.6 is 11.6 Å². The first kappa shape index (κ1) is 17.7. The Balaban J connectivity index is 1.95. The second-order valence-electron chi connectivity index (χ2n) is 6.63. The molecule has 2 atom stereocenters. The van der Waals surface area contributed by atoms with Crippen molar-refractivity contribution in [2.45, 2.75) is 45.0 Å². The fraction of sp³-hybridized carbons (Fsp3) is 0.562. The number of nitrogens with zero attached hydrogens (tertiary/aromatic N) is 1. The van der Waals surface area contributed by atoms with Gasteiger partial charge in [0.1, 0.15) is 23.6 Å². The van der Waals surface area contributed by atoms with Gasteiger partial charge in [-0.15, -0.1) is 0 Å². The van der Waals surface area contributed by atoms with E-state index in [0.717, 1.165) is 0 Å². The van der Waals surface area contributed by atoms with E-state index in [1.54, 1.807) is 39.0 Å². The number of likely N-dealkylation sites (tertiary alicyclic amines) is 1. The smallest absolute Gasteiger partial charge is 0.410 e. The highest BCUT2D eigenvalue weighted by molar-refractivity contribution is 6.32. The summed E-state index contributed by atoms with van der Waals surface area (Å²) in [4.78, 5) is 13.5. The SMILES string of the molecule is CC(C)(C)OC(=O)N1CCC(Oc2ccc(N)cc2Cl)C(O)C1. The van der Waals surface area contributed by atoms with Crippen LogP contribution < -0.4 is 10.5 Å². The van der Waals surface area contributed by atoms with Crippen molar-refractivity contribution >= 4 is 23.4 Å². The molecule has 2 unspecified atom stereocenters. The third-order valence-electron chi connectivity index (χ3n) is 3.41. The number of ether oxygens (including phenoxy) is 2. The Morgan fingerprint density at radius 1 is 1.43 bits per heavy atom. The van der Waals surface area contributed by atoms with Gasteiger partial charge in [-0.3, -0.25) is 0 Å². The molecule has 7 heteroatoms. The molecule has 1 aliphatic rings. The minimum absolute atomic E-state index is 0.159. The molecule has 1 heterocycles. The lowest BCUT2D eigenvalue weighted by Crippen LogP contribution is -2.52. The molecule has 1 saturated heterocycles. The topological polar surface area (TPSA) is 85.0 Å². The quantitative estimate of drug-likeness (QED) is 0.807. The lowest BCUT2D eigenvalue weighted by Gasteiger charge is -2.36. The third-order valence-corrected chi connectivity index (χ3v) is 3.70. The maximum atomic E-state index is 12.0. The maximum absolute atomic E-state index is 12.0. The van der Waals surface area contributed by atoms with E-state index < -0.39 is 23.9 Å². The van der Waals surface area contributed by atoms with Gasteiger partial charge in [0, 0.05) is 18.7 Å². The molecule has 1 fully saturated rings. The maximum Gasteiger partial charge on any atom is 0.410 e. The number of hydrogen-bond donors (Lipinski definition) is 2. The molecule has 23 heavy (non-hydrogen) atoms. The zero-order valence-corrected chi connectivity index (χ0v) is 14.3. The predicted octanol–water partition coefficient (Wildman–Crippen LogP) is 2.67. The van der Waals surface area contributed by atoms with Gasteiger partial charge in [0.15, 0.2) is 0 Å². The van der Waals surface area contributed by atoms with Crippen LogP contribution in [0.1, 0.15) is 27.2 Å². The van der Waals surface area contributed by atoms with Crippen molar-refractivity contribution in [3.8, 4) is 5.75 Å². The van der Waals surface area contributed by atoms with Crippen LogP contribution in [0.3, 0.4) is 0 Å². The number of β-amino-alcohol motifs (C(OH)–C–C–N with tert-alkyl or cyclic N) is 1. The molecule has 0 radical (unpaired) electrons. The van der Waals surface area contributed by atoms with Crippen molar-refractivity contribution in [2.75, 3.05) is 18.8 Å². The number of aliphatic hydroxyl groups is 1. The summed E-state index contributed by atoms with van der Waals surface area (Å²) in [5.74, 6) is 0.468. The number of rotatable bonds is 2. The molecule has 0 saturated carbocycles. The van der Waals surface area contributed by atoms with E-state index in [2.05, 4.69) is 0 Å². The number of benzene rings is 1. The second kappa shape index (κ2) is 6.84. The average molecular weight is 343 g/mol. The number of hydrogen-bond acceptors (Lipinski definition) is 5. The highest BCUT2D eigenvalue weighted by atomic mass is 35.5. The molecule has 1 aliphatic heterocycles. The van der Waals surface area contributed by atoms with Crippen molar-refractivity contribution in [1.29, 1.82) is 0 Å². The molecule has 1 amide bonds. The Labute approximate surface area is 141 Å². The number of nitrogens with two attached hydrogens (primary N) is 1. The van der Waals surface area contributed by atoms with Gasteiger partial charge in [0.25, 0.3) is 0 Å². The summed E-state index contributed by atoms with van der Waals surface area (Å²) in [5.41, 5.74) is 5.62. The van der Waals surface area contributed by atoms with E-state index in [9.17, 15) is 9.90 Å². The Morgan fingerprint density at radius 3 is 2.70 bits per heavy atom. The molecule has 6 nitrogen and oxygen atoms in total. The van der Waals surface area contributed by atoms with Crippen LogP contribution in [0.4, 0.5) is 10.5 Å². The first-order chi connectivity index (χ1) is 10.7. The van der Waals surface area contributed by atoms with E-state index >= 15 is 0 Å². The summed E-state index contributed by atoms with van der Waals surface area (Å²) in [5, 5.41) is 10.6. The monoisotopic (exact) mass is 342 g/mol. The van der Waals surface area contributed by atoms with E-state index in [4.69, 9.17) is 26.8 Å². The largest absolute Gasteiger partial charge is 0.486 e. The van der Waals surface area contributed by atoms with E-state index in [1.807, 2.05) is 0 Å². The van der Waals surface area contributed by atoms with Crippen LogP contribution in [0.25, 0.3) is 0 Å². The zero-order valence-electron chi connectivity index (χ0n) is 13.6. The van der Waals surface area contributed by atoms with Crippen molar-refractivity contribution < 1.29 is 19.4 Å². The summed E-state index contributed by atoms with van der Waals surface area (Å²) < 4.78 is 11.1. The minimum Gasteiger partial charge on any atom is -0.486 e. The molecule has 0 bridgehead atoms. The normalized spacial score (nSPS) is 21.9. The number of anilines is 1. The molecule has 1 aromatic carbocycles. The molecular weight excluding hydrogens is 320 g/mol. The van der Waals surface area contributed by atoms with Gasteiger partial charge in [-0.2, -0.15) is 0 Å². The standard InChI is InChI=1S/C16H23ClN2O4/c1-16(2,3)23-15(21)19-7-6-14(12(20)9-19)22-13-5-4-10(18)8-11(13)17/h4-5,8,12,14,20H,6-7,9,18H2,1-3H3. The highest BCUT2D eigenvalue weighted by Crippen LogP contribution is 2.29. The fourth-order valence-corrected chi connectivity index (χ4v) is 2.55. The van der Waals surface area contributed by atoms with Gasteiger partial charge in [0.05, 0.1) is 11.6 Å². The molecule has 0 spiro atoms. The van der Waals surface area contributed by atoms with Crippen LogP contribution in [0.15, 0.2) is 18.2 Å². The first-order valence-electron chi connectivity index (χ1n) is 7.53. The summed E-state index contributed by atoms with van der Waals surface area (Å²) in [6.07, 6.45) is -1.19. The number of halogens is 1. The third kappa shape index (κ3) is 4.91. The van der Waals surface area contributed by atoms with Crippen molar-refractivity contribution in [3.05, 3.63) is 23.2 Å². The van der Waals surface area contributed by atoms with Gasteiger partial charge in [0.2, 0.25) is 0 Å². The lowest BCUT2D eigenvalue weighted by molar-refractivity contribution is -0.0374. The summed E-state index contributed by atoms with van der Waals surface area (Å²) in [6, 6.07) is 4.95.